The first-order valence-electron chi connectivity index (χ1n) is 4.76. The van der Waals surface area contributed by atoms with Gasteiger partial charge in [0.2, 0.25) is 0 Å². The average molecular weight is 198 g/mol. The molecule has 1 fully saturated rings. The second-order valence-electron chi connectivity index (χ2n) is 3.92. The van der Waals surface area contributed by atoms with Crippen LogP contribution in [0.2, 0.25) is 0 Å². The smallest absolute Gasteiger partial charge is 0.129 e. The van der Waals surface area contributed by atoms with E-state index >= 15 is 0 Å². The van der Waals surface area contributed by atoms with E-state index in [0.29, 0.717) is 11.7 Å². The highest BCUT2D eigenvalue weighted by Crippen LogP contribution is 2.31. The van der Waals surface area contributed by atoms with Crippen LogP contribution in [0.15, 0.2) is 18.2 Å². The van der Waals surface area contributed by atoms with Crippen molar-refractivity contribution >= 4 is 0 Å². The molecule has 0 atom stereocenters. The van der Waals surface area contributed by atoms with Gasteiger partial charge in [-0.25, -0.2) is 8.78 Å². The van der Waals surface area contributed by atoms with Crippen LogP contribution in [0, 0.1) is 17.6 Å². The summed E-state index contributed by atoms with van der Waals surface area (Å²) in [6.07, 6.45) is 2.07. The Balaban J connectivity index is 2.02. The van der Waals surface area contributed by atoms with Gasteiger partial charge in [0.05, 0.1) is 6.10 Å². The highest BCUT2D eigenvalue weighted by molar-refractivity contribution is 5.24. The second kappa shape index (κ2) is 3.56. The zero-order valence-electron chi connectivity index (χ0n) is 7.97. The third-order valence-electron chi connectivity index (χ3n) is 2.47. The SMILES string of the molecule is CC1CC(Oc2cc(F)cc(F)c2)C1. The molecule has 0 bridgehead atoms. The maximum absolute atomic E-state index is 12.8. The zero-order valence-corrected chi connectivity index (χ0v) is 7.97. The van der Waals surface area contributed by atoms with Gasteiger partial charge in [-0.05, 0) is 18.8 Å². The molecule has 0 radical (unpaired) electrons. The number of benzene rings is 1. The molecule has 0 aliphatic heterocycles. The van der Waals surface area contributed by atoms with E-state index in [1.54, 1.807) is 0 Å². The number of hydrogen-bond donors (Lipinski definition) is 0. The van der Waals surface area contributed by atoms with Crippen molar-refractivity contribution in [3.8, 4) is 5.75 Å². The highest BCUT2D eigenvalue weighted by atomic mass is 19.1. The first-order valence-corrected chi connectivity index (χ1v) is 4.76. The third-order valence-corrected chi connectivity index (χ3v) is 2.47. The van der Waals surface area contributed by atoms with Crippen LogP contribution >= 0.6 is 0 Å². The molecular weight excluding hydrogens is 186 g/mol. The van der Waals surface area contributed by atoms with Gasteiger partial charge in [-0.15, -0.1) is 0 Å². The number of rotatable bonds is 2. The molecule has 0 spiro atoms. The van der Waals surface area contributed by atoms with Gasteiger partial charge in [0.15, 0.2) is 0 Å². The molecule has 3 heteroatoms. The van der Waals surface area contributed by atoms with Crippen LogP contribution in [-0.4, -0.2) is 6.10 Å². The first kappa shape index (κ1) is 9.44. The normalized spacial score (nSPS) is 25.6. The molecule has 76 valence electrons. The molecule has 0 N–H and O–H groups in total. The van der Waals surface area contributed by atoms with E-state index in [1.165, 1.54) is 12.1 Å². The Hall–Kier alpha value is -1.12. The maximum Gasteiger partial charge on any atom is 0.129 e. The molecular formula is C11H12F2O. The summed E-state index contributed by atoms with van der Waals surface area (Å²) in [5.74, 6) is -0.224. The predicted molar refractivity (Wildman–Crippen MR) is 49.2 cm³/mol. The molecule has 1 aromatic carbocycles. The Labute approximate surface area is 81.7 Å². The van der Waals surface area contributed by atoms with Crippen LogP contribution in [0.4, 0.5) is 8.78 Å². The summed E-state index contributed by atoms with van der Waals surface area (Å²) in [7, 11) is 0. The summed E-state index contributed by atoms with van der Waals surface area (Å²) < 4.78 is 30.9. The predicted octanol–water partition coefficient (Wildman–Crippen LogP) is 3.14. The number of halogens is 2. The van der Waals surface area contributed by atoms with Crippen LogP contribution in [0.25, 0.3) is 0 Å². The van der Waals surface area contributed by atoms with Crippen LogP contribution < -0.4 is 4.74 Å². The molecule has 1 aliphatic rings. The van der Waals surface area contributed by atoms with E-state index in [0.717, 1.165) is 18.9 Å². The molecule has 1 saturated carbocycles. The molecule has 1 aromatic rings. The number of hydrogen-bond acceptors (Lipinski definition) is 1. The van der Waals surface area contributed by atoms with E-state index < -0.39 is 11.6 Å². The fourth-order valence-electron chi connectivity index (χ4n) is 1.71. The van der Waals surface area contributed by atoms with Crippen molar-refractivity contribution in [1.82, 2.24) is 0 Å². The van der Waals surface area contributed by atoms with Crippen LogP contribution in [-0.2, 0) is 0 Å². The zero-order chi connectivity index (χ0) is 10.1. The standard InChI is InChI=1S/C11H12F2O/c1-7-2-10(3-7)14-11-5-8(12)4-9(13)6-11/h4-7,10H,2-3H2,1H3. The Morgan fingerprint density at radius 3 is 2.21 bits per heavy atom. The van der Waals surface area contributed by atoms with E-state index in [9.17, 15) is 8.78 Å². The van der Waals surface area contributed by atoms with Gasteiger partial charge < -0.3 is 4.74 Å². The topological polar surface area (TPSA) is 9.23 Å². The van der Waals surface area contributed by atoms with Gasteiger partial charge in [-0.1, -0.05) is 6.92 Å². The molecule has 0 saturated heterocycles. The van der Waals surface area contributed by atoms with Crippen molar-refractivity contribution < 1.29 is 13.5 Å². The van der Waals surface area contributed by atoms with Crippen molar-refractivity contribution in [1.29, 1.82) is 0 Å². The van der Waals surface area contributed by atoms with Crippen molar-refractivity contribution in [2.45, 2.75) is 25.9 Å². The third kappa shape index (κ3) is 2.03. The summed E-state index contributed by atoms with van der Waals surface area (Å²) in [6.45, 7) is 2.13. The minimum Gasteiger partial charge on any atom is -0.490 e. The fourth-order valence-corrected chi connectivity index (χ4v) is 1.71. The monoisotopic (exact) mass is 198 g/mol. The fraction of sp³-hybridized carbons (Fsp3) is 0.455. The lowest BCUT2D eigenvalue weighted by Gasteiger charge is -2.32. The quantitative estimate of drug-likeness (QED) is 0.709. The van der Waals surface area contributed by atoms with Gasteiger partial charge in [-0.2, -0.15) is 0 Å². The van der Waals surface area contributed by atoms with Crippen LogP contribution in [0.5, 0.6) is 5.75 Å². The lowest BCUT2D eigenvalue weighted by Crippen LogP contribution is -2.31. The molecule has 2 rings (SSSR count). The maximum atomic E-state index is 12.8. The van der Waals surface area contributed by atoms with Crippen molar-refractivity contribution in [2.75, 3.05) is 0 Å². The lowest BCUT2D eigenvalue weighted by molar-refractivity contribution is 0.0733. The Kier molecular flexibility index (Phi) is 2.40. The van der Waals surface area contributed by atoms with Gasteiger partial charge in [-0.3, -0.25) is 0 Å². The molecule has 0 unspecified atom stereocenters. The summed E-state index contributed by atoms with van der Waals surface area (Å²) in [5, 5.41) is 0. The second-order valence-corrected chi connectivity index (χ2v) is 3.92. The average Bonchev–Trinajstić information content (AvgIpc) is 1.99. The lowest BCUT2D eigenvalue weighted by atomic mass is 9.84. The van der Waals surface area contributed by atoms with Crippen LogP contribution in [0.3, 0.4) is 0 Å². The van der Waals surface area contributed by atoms with Gasteiger partial charge in [0.1, 0.15) is 17.4 Å². The van der Waals surface area contributed by atoms with E-state index in [2.05, 4.69) is 6.92 Å². The minimum atomic E-state index is -0.590. The molecule has 0 aromatic heterocycles. The van der Waals surface area contributed by atoms with Gasteiger partial charge in [0.25, 0.3) is 0 Å². The Morgan fingerprint density at radius 2 is 1.71 bits per heavy atom. The van der Waals surface area contributed by atoms with Crippen LogP contribution in [0.1, 0.15) is 19.8 Å². The van der Waals surface area contributed by atoms with Crippen molar-refractivity contribution in [3.63, 3.8) is 0 Å². The van der Waals surface area contributed by atoms with E-state index in [-0.39, 0.29) is 6.10 Å². The first-order chi connectivity index (χ1) is 6.63. The number of ether oxygens (including phenoxy) is 1. The van der Waals surface area contributed by atoms with E-state index in [4.69, 9.17) is 4.74 Å². The molecule has 14 heavy (non-hydrogen) atoms. The molecule has 0 heterocycles. The largest absolute Gasteiger partial charge is 0.490 e. The molecule has 1 aliphatic carbocycles. The Morgan fingerprint density at radius 1 is 1.14 bits per heavy atom. The van der Waals surface area contributed by atoms with E-state index in [1.807, 2.05) is 0 Å². The van der Waals surface area contributed by atoms with Crippen molar-refractivity contribution in [3.05, 3.63) is 29.8 Å². The van der Waals surface area contributed by atoms with Gasteiger partial charge in [0, 0.05) is 18.2 Å². The minimum absolute atomic E-state index is 0.131. The summed E-state index contributed by atoms with van der Waals surface area (Å²) >= 11 is 0. The molecule has 0 amide bonds. The van der Waals surface area contributed by atoms with Crippen molar-refractivity contribution in [2.24, 2.45) is 5.92 Å². The van der Waals surface area contributed by atoms with Gasteiger partial charge >= 0.3 is 0 Å². The Bertz CT molecular complexity index is 312. The highest BCUT2D eigenvalue weighted by Gasteiger charge is 2.27. The molecule has 1 nitrogen and oxygen atoms in total. The summed E-state index contributed by atoms with van der Waals surface area (Å²) in [4.78, 5) is 0. The summed E-state index contributed by atoms with van der Waals surface area (Å²) in [5.41, 5.74) is 0. The summed E-state index contributed by atoms with van der Waals surface area (Å²) in [6, 6.07) is 3.27.